The molecule has 0 amide bonds. The Morgan fingerprint density at radius 1 is 0.455 bits per heavy atom. The van der Waals surface area contributed by atoms with Crippen LogP contribution in [0.1, 0.15) is 0 Å². The highest BCUT2D eigenvalue weighted by molar-refractivity contribution is 6.33. The van der Waals surface area contributed by atoms with Crippen molar-refractivity contribution in [3.63, 3.8) is 0 Å². The standard InChI is InChI=1S/C30H19ClO2/c31-27-19-23-17-21-10-4-5-11-22(21)18-26(23)29(30(27)32-24-13-2-1-3-14-24)33-28-16-8-12-20-9-6-7-15-25(20)28/h1-19H. The lowest BCUT2D eigenvalue weighted by Gasteiger charge is -2.18. The average molecular weight is 447 g/mol. The molecule has 6 rings (SSSR count). The zero-order valence-corrected chi connectivity index (χ0v) is 18.4. The lowest BCUT2D eigenvalue weighted by atomic mass is 10.0. The molecule has 0 N–H and O–H groups in total. The van der Waals surface area contributed by atoms with E-state index >= 15 is 0 Å². The second-order valence-corrected chi connectivity index (χ2v) is 8.34. The van der Waals surface area contributed by atoms with Gasteiger partial charge in [-0.25, -0.2) is 0 Å². The van der Waals surface area contributed by atoms with Crippen LogP contribution < -0.4 is 9.47 Å². The fourth-order valence-electron chi connectivity index (χ4n) is 4.20. The van der Waals surface area contributed by atoms with E-state index in [-0.39, 0.29) is 0 Å². The smallest absolute Gasteiger partial charge is 0.189 e. The molecule has 0 spiro atoms. The van der Waals surface area contributed by atoms with E-state index in [0.717, 1.165) is 38.1 Å². The molecule has 0 bridgehead atoms. The van der Waals surface area contributed by atoms with E-state index < -0.39 is 0 Å². The van der Waals surface area contributed by atoms with Crippen LogP contribution in [-0.4, -0.2) is 0 Å². The molecule has 0 heterocycles. The Bertz CT molecular complexity index is 1620. The molecular weight excluding hydrogens is 428 g/mol. The van der Waals surface area contributed by atoms with Crippen molar-refractivity contribution in [2.24, 2.45) is 0 Å². The fraction of sp³-hybridized carbons (Fsp3) is 0. The topological polar surface area (TPSA) is 18.5 Å². The number of hydrogen-bond acceptors (Lipinski definition) is 2. The summed E-state index contributed by atoms with van der Waals surface area (Å²) in [6, 6.07) is 38.3. The first-order chi connectivity index (χ1) is 16.3. The Kier molecular flexibility index (Phi) is 4.86. The van der Waals surface area contributed by atoms with Crippen LogP contribution >= 0.6 is 11.6 Å². The molecule has 0 radical (unpaired) electrons. The molecule has 0 aromatic heterocycles. The third kappa shape index (κ3) is 3.65. The van der Waals surface area contributed by atoms with Gasteiger partial charge in [-0.05, 0) is 57.9 Å². The molecule has 0 aliphatic carbocycles. The third-order valence-corrected chi connectivity index (χ3v) is 6.07. The number of fused-ring (bicyclic) bond motifs is 3. The van der Waals surface area contributed by atoms with E-state index in [9.17, 15) is 0 Å². The number of rotatable bonds is 4. The van der Waals surface area contributed by atoms with Gasteiger partial charge in [0, 0.05) is 10.8 Å². The van der Waals surface area contributed by atoms with Gasteiger partial charge < -0.3 is 9.47 Å². The van der Waals surface area contributed by atoms with Crippen LogP contribution in [0.4, 0.5) is 0 Å². The minimum Gasteiger partial charge on any atom is -0.452 e. The Morgan fingerprint density at radius 3 is 1.94 bits per heavy atom. The van der Waals surface area contributed by atoms with Crippen LogP contribution in [0, 0.1) is 0 Å². The predicted octanol–water partition coefficient (Wildman–Crippen LogP) is 9.38. The van der Waals surface area contributed by atoms with Gasteiger partial charge in [-0.3, -0.25) is 0 Å². The summed E-state index contributed by atoms with van der Waals surface area (Å²) in [6.45, 7) is 0. The van der Waals surface area contributed by atoms with Crippen molar-refractivity contribution >= 4 is 43.9 Å². The molecule has 3 heteroatoms. The van der Waals surface area contributed by atoms with Crippen LogP contribution in [0.3, 0.4) is 0 Å². The van der Waals surface area contributed by atoms with Gasteiger partial charge in [0.05, 0.1) is 5.02 Å². The minimum absolute atomic E-state index is 0.497. The zero-order chi connectivity index (χ0) is 22.2. The number of ether oxygens (including phenoxy) is 2. The minimum atomic E-state index is 0.497. The average Bonchev–Trinajstić information content (AvgIpc) is 2.86. The zero-order valence-electron chi connectivity index (χ0n) is 17.7. The van der Waals surface area contributed by atoms with E-state index in [0.29, 0.717) is 22.3 Å². The van der Waals surface area contributed by atoms with Crippen molar-refractivity contribution in [1.29, 1.82) is 0 Å². The number of halogens is 1. The van der Waals surface area contributed by atoms with Gasteiger partial charge in [0.2, 0.25) is 0 Å². The van der Waals surface area contributed by atoms with Crippen molar-refractivity contribution < 1.29 is 9.47 Å². The second-order valence-electron chi connectivity index (χ2n) is 7.93. The van der Waals surface area contributed by atoms with E-state index in [2.05, 4.69) is 42.5 Å². The molecule has 0 unspecified atom stereocenters. The molecule has 6 aromatic carbocycles. The van der Waals surface area contributed by atoms with Gasteiger partial charge >= 0.3 is 0 Å². The van der Waals surface area contributed by atoms with Crippen LogP contribution in [0.5, 0.6) is 23.0 Å². The van der Waals surface area contributed by atoms with Crippen molar-refractivity contribution in [1.82, 2.24) is 0 Å². The normalized spacial score (nSPS) is 11.2. The highest BCUT2D eigenvalue weighted by atomic mass is 35.5. The summed E-state index contributed by atoms with van der Waals surface area (Å²) in [5.41, 5.74) is 0. The highest BCUT2D eigenvalue weighted by Gasteiger charge is 2.19. The van der Waals surface area contributed by atoms with Crippen molar-refractivity contribution in [3.05, 3.63) is 120 Å². The Labute approximate surface area is 196 Å². The summed E-state index contributed by atoms with van der Waals surface area (Å²) in [4.78, 5) is 0. The number of hydrogen-bond donors (Lipinski definition) is 0. The first kappa shape index (κ1) is 19.7. The highest BCUT2D eigenvalue weighted by Crippen LogP contribution is 2.47. The summed E-state index contributed by atoms with van der Waals surface area (Å²) >= 11 is 6.79. The van der Waals surface area contributed by atoms with Gasteiger partial charge in [0.15, 0.2) is 11.5 Å². The Balaban J connectivity index is 1.62. The third-order valence-electron chi connectivity index (χ3n) is 5.79. The monoisotopic (exact) mass is 446 g/mol. The van der Waals surface area contributed by atoms with Crippen molar-refractivity contribution in [2.75, 3.05) is 0 Å². The molecule has 0 saturated carbocycles. The van der Waals surface area contributed by atoms with Gasteiger partial charge in [-0.1, -0.05) is 90.5 Å². The SMILES string of the molecule is Clc1cc2cc3ccccc3cc2c(Oc2cccc3ccccc23)c1Oc1ccccc1. The van der Waals surface area contributed by atoms with Gasteiger partial charge in [0.25, 0.3) is 0 Å². The summed E-state index contributed by atoms with van der Waals surface area (Å²) < 4.78 is 12.9. The van der Waals surface area contributed by atoms with Crippen molar-refractivity contribution in [2.45, 2.75) is 0 Å². The lowest BCUT2D eigenvalue weighted by Crippen LogP contribution is -1.94. The maximum Gasteiger partial charge on any atom is 0.189 e. The number of para-hydroxylation sites is 1. The molecule has 0 aliphatic heterocycles. The Morgan fingerprint density at radius 2 is 1.12 bits per heavy atom. The largest absolute Gasteiger partial charge is 0.452 e. The molecule has 2 nitrogen and oxygen atoms in total. The van der Waals surface area contributed by atoms with E-state index in [4.69, 9.17) is 21.1 Å². The molecule has 6 aromatic rings. The Hall–Kier alpha value is -4.01. The molecular formula is C30H19ClO2. The summed E-state index contributed by atoms with van der Waals surface area (Å²) in [5, 5.41) is 6.84. The molecule has 0 fully saturated rings. The van der Waals surface area contributed by atoms with Gasteiger partial charge in [-0.15, -0.1) is 0 Å². The van der Waals surface area contributed by atoms with Crippen LogP contribution in [0.2, 0.25) is 5.02 Å². The van der Waals surface area contributed by atoms with E-state index in [1.807, 2.05) is 72.8 Å². The van der Waals surface area contributed by atoms with Crippen LogP contribution in [0.15, 0.2) is 115 Å². The first-order valence-corrected chi connectivity index (χ1v) is 11.2. The van der Waals surface area contributed by atoms with Crippen molar-refractivity contribution in [3.8, 4) is 23.0 Å². The molecule has 33 heavy (non-hydrogen) atoms. The maximum absolute atomic E-state index is 6.79. The molecule has 0 saturated heterocycles. The lowest BCUT2D eigenvalue weighted by molar-refractivity contribution is 0.425. The molecule has 0 atom stereocenters. The fourth-order valence-corrected chi connectivity index (χ4v) is 4.45. The van der Waals surface area contributed by atoms with E-state index in [1.54, 1.807) is 0 Å². The van der Waals surface area contributed by atoms with Crippen LogP contribution in [0.25, 0.3) is 32.3 Å². The number of benzene rings is 6. The summed E-state index contributed by atoms with van der Waals surface area (Å²) in [7, 11) is 0. The summed E-state index contributed by atoms with van der Waals surface area (Å²) in [6.07, 6.45) is 0. The quantitative estimate of drug-likeness (QED) is 0.251. The molecule has 158 valence electrons. The van der Waals surface area contributed by atoms with Gasteiger partial charge in [-0.2, -0.15) is 0 Å². The van der Waals surface area contributed by atoms with E-state index in [1.165, 1.54) is 0 Å². The molecule has 0 aliphatic rings. The maximum atomic E-state index is 6.79. The van der Waals surface area contributed by atoms with Crippen LogP contribution in [-0.2, 0) is 0 Å². The predicted molar refractivity (Wildman–Crippen MR) is 137 cm³/mol. The van der Waals surface area contributed by atoms with Gasteiger partial charge in [0.1, 0.15) is 11.5 Å². The first-order valence-electron chi connectivity index (χ1n) is 10.8. The second kappa shape index (κ2) is 8.16. The summed E-state index contributed by atoms with van der Waals surface area (Å²) in [5.74, 6) is 2.55.